The van der Waals surface area contributed by atoms with Gasteiger partial charge in [0.05, 0.1) is 5.56 Å². The second-order valence-electron chi connectivity index (χ2n) is 3.34. The van der Waals surface area contributed by atoms with Crippen LogP contribution in [0.3, 0.4) is 0 Å². The highest BCUT2D eigenvalue weighted by Crippen LogP contribution is 2.33. The summed E-state index contributed by atoms with van der Waals surface area (Å²) in [5, 5.41) is 0. The van der Waals surface area contributed by atoms with Gasteiger partial charge in [-0.3, -0.25) is 0 Å². The molecule has 1 aromatic carbocycles. The summed E-state index contributed by atoms with van der Waals surface area (Å²) in [5.74, 6) is -3.27. The smallest absolute Gasteiger partial charge is 0.386 e. The summed E-state index contributed by atoms with van der Waals surface area (Å²) in [5.41, 5.74) is -6.66. The van der Waals surface area contributed by atoms with E-state index in [9.17, 15) is 31.2 Å². The lowest BCUT2D eigenvalue weighted by Crippen LogP contribution is -2.28. The average Bonchev–Trinajstić information content (AvgIpc) is 2.53. The maximum absolute atomic E-state index is 12.1. The van der Waals surface area contributed by atoms with Gasteiger partial charge in [-0.25, -0.2) is 9.59 Å². The summed E-state index contributed by atoms with van der Waals surface area (Å²) in [6, 6.07) is 2.96. The second-order valence-corrected chi connectivity index (χ2v) is 4.88. The van der Waals surface area contributed by atoms with E-state index in [1.54, 1.807) is 0 Å². The molecule has 6 nitrogen and oxygen atoms in total. The third-order valence-electron chi connectivity index (χ3n) is 2.12. The number of alkyl halides is 3. The van der Waals surface area contributed by atoms with E-state index in [1.807, 2.05) is 0 Å². The van der Waals surface area contributed by atoms with Crippen molar-refractivity contribution in [3.63, 3.8) is 0 Å². The van der Waals surface area contributed by atoms with Gasteiger partial charge in [-0.2, -0.15) is 21.6 Å². The van der Waals surface area contributed by atoms with Crippen molar-refractivity contribution in [2.24, 2.45) is 0 Å². The van der Waals surface area contributed by atoms with Crippen molar-refractivity contribution in [2.75, 3.05) is 0 Å². The standard InChI is InChI=1S/C9H3F3O6S/c10-9(11,12)19(15,16)18-5-3-1-2-4-6(5)8(14)17-7(4)13/h1-3H. The fraction of sp³-hybridized carbons (Fsp3) is 0.111. The number of fused-ring (bicyclic) bond motifs is 1. The summed E-state index contributed by atoms with van der Waals surface area (Å²) in [4.78, 5) is 22.4. The minimum absolute atomic E-state index is 0.361. The van der Waals surface area contributed by atoms with Gasteiger partial charge in [-0.1, -0.05) is 6.07 Å². The Kier molecular flexibility index (Phi) is 2.77. The quantitative estimate of drug-likeness (QED) is 0.353. The molecule has 1 aromatic rings. The van der Waals surface area contributed by atoms with E-state index < -0.39 is 38.9 Å². The van der Waals surface area contributed by atoms with Gasteiger partial charge in [0.2, 0.25) is 0 Å². The number of cyclic esters (lactones) is 2. The first-order valence-electron chi connectivity index (χ1n) is 4.54. The van der Waals surface area contributed by atoms with Gasteiger partial charge in [0.1, 0.15) is 5.56 Å². The first-order chi connectivity index (χ1) is 8.63. The van der Waals surface area contributed by atoms with Crippen molar-refractivity contribution >= 4 is 22.1 Å². The zero-order valence-electron chi connectivity index (χ0n) is 8.72. The van der Waals surface area contributed by atoms with Crippen LogP contribution in [-0.4, -0.2) is 25.9 Å². The molecule has 0 fully saturated rings. The molecule has 0 saturated carbocycles. The van der Waals surface area contributed by atoms with E-state index >= 15 is 0 Å². The Hall–Kier alpha value is -2.10. The van der Waals surface area contributed by atoms with E-state index in [1.165, 1.54) is 0 Å². The topological polar surface area (TPSA) is 86.7 Å². The Balaban J connectivity index is 2.51. The molecule has 2 rings (SSSR count). The predicted octanol–water partition coefficient (Wildman–Crippen LogP) is 1.23. The molecule has 102 valence electrons. The highest BCUT2D eigenvalue weighted by Gasteiger charge is 2.49. The molecule has 0 spiro atoms. The number of halogens is 3. The molecule has 0 amide bonds. The highest BCUT2D eigenvalue weighted by atomic mass is 32.2. The molecule has 10 heteroatoms. The molecule has 0 aromatic heterocycles. The molecule has 1 heterocycles. The molecule has 1 aliphatic heterocycles. The lowest BCUT2D eigenvalue weighted by atomic mass is 10.1. The number of hydrogen-bond donors (Lipinski definition) is 0. The first-order valence-corrected chi connectivity index (χ1v) is 5.94. The number of esters is 2. The maximum atomic E-state index is 12.1. The molecule has 0 radical (unpaired) electrons. The Morgan fingerprint density at radius 3 is 2.32 bits per heavy atom. The van der Waals surface area contributed by atoms with Gasteiger partial charge >= 0.3 is 27.6 Å². The fourth-order valence-corrected chi connectivity index (χ4v) is 1.81. The van der Waals surface area contributed by atoms with Crippen LogP contribution in [0, 0.1) is 0 Å². The van der Waals surface area contributed by atoms with Crippen molar-refractivity contribution in [1.29, 1.82) is 0 Å². The number of carbonyl (C=O) groups is 2. The van der Waals surface area contributed by atoms with Crippen LogP contribution in [0.1, 0.15) is 20.7 Å². The number of ether oxygens (including phenoxy) is 1. The Morgan fingerprint density at radius 2 is 1.74 bits per heavy atom. The number of benzene rings is 1. The molecular weight excluding hydrogens is 293 g/mol. The van der Waals surface area contributed by atoms with Crippen LogP contribution in [-0.2, 0) is 14.9 Å². The summed E-state index contributed by atoms with van der Waals surface area (Å²) < 4.78 is 66.1. The van der Waals surface area contributed by atoms with Gasteiger partial charge in [-0.05, 0) is 12.1 Å². The zero-order chi connectivity index (χ0) is 14.4. The molecule has 1 aliphatic rings. The van der Waals surface area contributed by atoms with E-state index in [-0.39, 0.29) is 5.56 Å². The molecule has 0 unspecified atom stereocenters. The van der Waals surface area contributed by atoms with Crippen molar-refractivity contribution in [3.8, 4) is 5.75 Å². The van der Waals surface area contributed by atoms with Crippen LogP contribution in [0.25, 0.3) is 0 Å². The SMILES string of the molecule is O=C1OC(=O)c2c(OS(=O)(=O)C(F)(F)F)cccc21. The van der Waals surface area contributed by atoms with Gasteiger partial charge in [0.15, 0.2) is 5.75 Å². The first kappa shape index (κ1) is 13.3. The van der Waals surface area contributed by atoms with Crippen LogP contribution in [0.5, 0.6) is 5.75 Å². The average molecular weight is 296 g/mol. The summed E-state index contributed by atoms with van der Waals surface area (Å²) in [7, 11) is -5.93. The van der Waals surface area contributed by atoms with Gasteiger partial charge in [-0.15, -0.1) is 0 Å². The van der Waals surface area contributed by atoms with E-state index in [4.69, 9.17) is 0 Å². The third kappa shape index (κ3) is 2.14. The van der Waals surface area contributed by atoms with E-state index in [0.717, 1.165) is 18.2 Å². The van der Waals surface area contributed by atoms with E-state index in [0.29, 0.717) is 0 Å². The summed E-state index contributed by atoms with van der Waals surface area (Å²) >= 11 is 0. The second kappa shape index (κ2) is 3.95. The molecule has 19 heavy (non-hydrogen) atoms. The number of carbonyl (C=O) groups excluding carboxylic acids is 2. The normalized spacial score (nSPS) is 15.1. The molecule has 0 bridgehead atoms. The third-order valence-corrected chi connectivity index (χ3v) is 3.08. The van der Waals surface area contributed by atoms with Crippen LogP contribution in [0.15, 0.2) is 18.2 Å². The van der Waals surface area contributed by atoms with Gasteiger partial charge in [0.25, 0.3) is 0 Å². The van der Waals surface area contributed by atoms with Crippen molar-refractivity contribution in [3.05, 3.63) is 29.3 Å². The minimum Gasteiger partial charge on any atom is -0.386 e. The lowest BCUT2D eigenvalue weighted by Gasteiger charge is -2.10. The lowest BCUT2D eigenvalue weighted by molar-refractivity contribution is -0.0500. The zero-order valence-corrected chi connectivity index (χ0v) is 9.54. The summed E-state index contributed by atoms with van der Waals surface area (Å²) in [6.45, 7) is 0. The predicted molar refractivity (Wildman–Crippen MR) is 51.8 cm³/mol. The van der Waals surface area contributed by atoms with Crippen molar-refractivity contribution in [1.82, 2.24) is 0 Å². The molecule has 0 aliphatic carbocycles. The van der Waals surface area contributed by atoms with Crippen LogP contribution < -0.4 is 4.18 Å². The largest absolute Gasteiger partial charge is 0.534 e. The van der Waals surface area contributed by atoms with Crippen LogP contribution in [0.4, 0.5) is 13.2 Å². The van der Waals surface area contributed by atoms with Crippen LogP contribution >= 0.6 is 0 Å². The molecule has 0 N–H and O–H groups in total. The summed E-state index contributed by atoms with van der Waals surface area (Å²) in [6.07, 6.45) is 0. The van der Waals surface area contributed by atoms with Gasteiger partial charge < -0.3 is 8.92 Å². The Bertz CT molecular complexity index is 676. The molecular formula is C9H3F3O6S. The molecule has 0 atom stereocenters. The fourth-order valence-electron chi connectivity index (χ4n) is 1.34. The van der Waals surface area contributed by atoms with Crippen LogP contribution in [0.2, 0.25) is 0 Å². The van der Waals surface area contributed by atoms with Crippen molar-refractivity contribution < 1.29 is 40.1 Å². The van der Waals surface area contributed by atoms with E-state index in [2.05, 4.69) is 8.92 Å². The Morgan fingerprint density at radius 1 is 1.11 bits per heavy atom. The van der Waals surface area contributed by atoms with Gasteiger partial charge in [0, 0.05) is 0 Å². The monoisotopic (exact) mass is 296 g/mol. The molecule has 0 saturated heterocycles. The number of rotatable bonds is 2. The minimum atomic E-state index is -5.93. The van der Waals surface area contributed by atoms with Crippen molar-refractivity contribution in [2.45, 2.75) is 5.51 Å². The number of hydrogen-bond acceptors (Lipinski definition) is 6. The maximum Gasteiger partial charge on any atom is 0.534 e. The highest BCUT2D eigenvalue weighted by molar-refractivity contribution is 7.88. The Labute approximate surface area is 103 Å².